The van der Waals surface area contributed by atoms with Crippen molar-refractivity contribution < 1.29 is 13.2 Å². The average Bonchev–Trinajstić information content (AvgIpc) is 2.38. The summed E-state index contributed by atoms with van der Waals surface area (Å²) in [7, 11) is 3.77. The van der Waals surface area contributed by atoms with Crippen molar-refractivity contribution in [3.8, 4) is 0 Å². The fraction of sp³-hybridized carbons (Fsp3) is 0.625. The molecule has 120 valence electrons. The van der Waals surface area contributed by atoms with Crippen LogP contribution in [0.1, 0.15) is 44.4 Å². The summed E-state index contributed by atoms with van der Waals surface area (Å²) in [6.07, 6.45) is -3.47. The zero-order valence-corrected chi connectivity index (χ0v) is 13.4. The van der Waals surface area contributed by atoms with Crippen molar-refractivity contribution >= 4 is 0 Å². The van der Waals surface area contributed by atoms with Gasteiger partial charge in [-0.3, -0.25) is 0 Å². The Labute approximate surface area is 125 Å². The summed E-state index contributed by atoms with van der Waals surface area (Å²) in [4.78, 5) is 1.95. The van der Waals surface area contributed by atoms with E-state index in [-0.39, 0.29) is 0 Å². The molecular formula is C16H25F3N2. The van der Waals surface area contributed by atoms with Crippen LogP contribution in [0.5, 0.6) is 0 Å². The lowest BCUT2D eigenvalue weighted by Gasteiger charge is -2.41. The molecule has 0 saturated heterocycles. The van der Waals surface area contributed by atoms with Crippen LogP contribution in [0.2, 0.25) is 0 Å². The van der Waals surface area contributed by atoms with Crippen molar-refractivity contribution in [1.82, 2.24) is 10.2 Å². The number of likely N-dealkylation sites (N-methyl/N-ethyl adjacent to an activating group) is 1. The highest BCUT2D eigenvalue weighted by Gasteiger charge is 2.40. The van der Waals surface area contributed by atoms with Crippen LogP contribution < -0.4 is 5.32 Å². The van der Waals surface area contributed by atoms with E-state index >= 15 is 0 Å². The lowest BCUT2D eigenvalue weighted by Crippen LogP contribution is -2.50. The lowest BCUT2D eigenvalue weighted by atomic mass is 9.85. The van der Waals surface area contributed by atoms with E-state index in [1.54, 1.807) is 12.1 Å². The van der Waals surface area contributed by atoms with E-state index in [4.69, 9.17) is 0 Å². The van der Waals surface area contributed by atoms with Crippen LogP contribution in [0.25, 0.3) is 0 Å². The van der Waals surface area contributed by atoms with Crippen LogP contribution in [0, 0.1) is 0 Å². The van der Waals surface area contributed by atoms with Gasteiger partial charge in [0.05, 0.1) is 11.6 Å². The predicted molar refractivity (Wildman–Crippen MR) is 80.2 cm³/mol. The van der Waals surface area contributed by atoms with Gasteiger partial charge in [-0.05, 0) is 52.5 Å². The van der Waals surface area contributed by atoms with Gasteiger partial charge in [-0.2, -0.15) is 13.2 Å². The number of benzene rings is 1. The third kappa shape index (κ3) is 4.20. The number of halogens is 3. The van der Waals surface area contributed by atoms with Crippen molar-refractivity contribution in [3.05, 3.63) is 35.4 Å². The molecule has 0 heterocycles. The molecule has 0 fully saturated rings. The van der Waals surface area contributed by atoms with E-state index in [0.29, 0.717) is 12.1 Å². The highest BCUT2D eigenvalue weighted by atomic mass is 19.4. The molecule has 1 unspecified atom stereocenters. The summed E-state index contributed by atoms with van der Waals surface area (Å²) in [6.45, 7) is 6.58. The number of hydrogen-bond acceptors (Lipinski definition) is 2. The molecule has 0 amide bonds. The Morgan fingerprint density at radius 3 is 2.19 bits per heavy atom. The van der Waals surface area contributed by atoms with Gasteiger partial charge in [0.25, 0.3) is 0 Å². The van der Waals surface area contributed by atoms with Gasteiger partial charge in [-0.15, -0.1) is 0 Å². The maximum Gasteiger partial charge on any atom is 0.416 e. The van der Waals surface area contributed by atoms with Gasteiger partial charge in [0.15, 0.2) is 0 Å². The lowest BCUT2D eigenvalue weighted by molar-refractivity contribution is -0.138. The molecule has 0 aliphatic carbocycles. The Bertz CT molecular complexity index is 453. The summed E-state index contributed by atoms with van der Waals surface area (Å²) in [6, 6.07) is 5.43. The first-order valence-corrected chi connectivity index (χ1v) is 7.19. The Morgan fingerprint density at radius 2 is 1.71 bits per heavy atom. The molecule has 1 atom stereocenters. The molecule has 0 bridgehead atoms. The molecule has 0 spiro atoms. The average molecular weight is 302 g/mol. The van der Waals surface area contributed by atoms with Crippen molar-refractivity contribution in [2.75, 3.05) is 20.6 Å². The first kappa shape index (κ1) is 18.0. The maximum absolute atomic E-state index is 13.3. The summed E-state index contributed by atoms with van der Waals surface area (Å²) in [5.74, 6) is 0. The second kappa shape index (κ2) is 6.79. The van der Waals surface area contributed by atoms with E-state index in [9.17, 15) is 13.2 Å². The molecule has 2 nitrogen and oxygen atoms in total. The minimum atomic E-state index is -4.34. The molecule has 1 aromatic carbocycles. The number of alkyl halides is 3. The minimum Gasteiger partial charge on any atom is -0.308 e. The fourth-order valence-corrected chi connectivity index (χ4v) is 2.29. The van der Waals surface area contributed by atoms with Gasteiger partial charge in [0.2, 0.25) is 0 Å². The minimum absolute atomic E-state index is 0.303. The number of nitrogens with zero attached hydrogens (tertiary/aromatic N) is 1. The highest BCUT2D eigenvalue weighted by Crippen LogP contribution is 2.38. The largest absolute Gasteiger partial charge is 0.416 e. The molecule has 0 aromatic heterocycles. The summed E-state index contributed by atoms with van der Waals surface area (Å²) in [5, 5.41) is 3.28. The zero-order valence-electron chi connectivity index (χ0n) is 13.4. The van der Waals surface area contributed by atoms with E-state index in [1.165, 1.54) is 6.07 Å². The van der Waals surface area contributed by atoms with Crippen molar-refractivity contribution in [3.63, 3.8) is 0 Å². The molecule has 1 N–H and O–H groups in total. The zero-order chi connectivity index (χ0) is 16.3. The Balaban J connectivity index is 3.34. The van der Waals surface area contributed by atoms with Crippen molar-refractivity contribution in [2.45, 2.75) is 44.9 Å². The molecule has 0 aliphatic rings. The fourth-order valence-electron chi connectivity index (χ4n) is 2.29. The normalized spacial score (nSPS) is 14.5. The van der Waals surface area contributed by atoms with Gasteiger partial charge >= 0.3 is 6.18 Å². The quantitative estimate of drug-likeness (QED) is 0.851. The molecule has 0 aliphatic heterocycles. The second-order valence-corrected chi connectivity index (χ2v) is 6.02. The first-order valence-electron chi connectivity index (χ1n) is 7.19. The summed E-state index contributed by atoms with van der Waals surface area (Å²) < 4.78 is 39.8. The van der Waals surface area contributed by atoms with Crippen molar-refractivity contribution in [2.24, 2.45) is 0 Å². The molecule has 5 heteroatoms. The van der Waals surface area contributed by atoms with Crippen LogP contribution in [0.4, 0.5) is 13.2 Å². The highest BCUT2D eigenvalue weighted by molar-refractivity contribution is 5.34. The molecular weight excluding hydrogens is 277 g/mol. The Morgan fingerprint density at radius 1 is 1.14 bits per heavy atom. The number of hydrogen-bond donors (Lipinski definition) is 1. The molecule has 21 heavy (non-hydrogen) atoms. The van der Waals surface area contributed by atoms with Gasteiger partial charge in [0, 0.05) is 5.54 Å². The van der Waals surface area contributed by atoms with Crippen molar-refractivity contribution in [1.29, 1.82) is 0 Å². The van der Waals surface area contributed by atoms with E-state index in [1.807, 2.05) is 39.8 Å². The maximum atomic E-state index is 13.3. The van der Waals surface area contributed by atoms with Gasteiger partial charge < -0.3 is 10.2 Å². The smallest absolute Gasteiger partial charge is 0.308 e. The van der Waals surface area contributed by atoms with Crippen LogP contribution in [-0.4, -0.2) is 31.1 Å². The summed E-state index contributed by atoms with van der Waals surface area (Å²) >= 11 is 0. The Hall–Kier alpha value is -1.07. The standard InChI is InChI=1S/C16H25F3N2/c1-6-11-20-14(15(2,3)21(4)5)12-9-7-8-10-13(12)16(17,18)19/h7-10,14,20H,6,11H2,1-5H3. The molecule has 1 aromatic rings. The third-order valence-corrected chi connectivity index (χ3v) is 4.03. The Kier molecular flexibility index (Phi) is 5.82. The van der Waals surface area contributed by atoms with Crippen LogP contribution in [0.15, 0.2) is 24.3 Å². The SMILES string of the molecule is CCCNC(c1ccccc1C(F)(F)F)C(C)(C)N(C)C. The van der Waals surface area contributed by atoms with Gasteiger partial charge in [-0.25, -0.2) is 0 Å². The number of nitrogens with one attached hydrogen (secondary N) is 1. The molecule has 1 rings (SSSR count). The van der Waals surface area contributed by atoms with E-state index < -0.39 is 23.3 Å². The topological polar surface area (TPSA) is 15.3 Å². The predicted octanol–water partition coefficient (Wildman–Crippen LogP) is 4.09. The van der Waals surface area contributed by atoms with E-state index in [2.05, 4.69) is 5.32 Å². The molecule has 0 saturated carbocycles. The summed E-state index contributed by atoms with van der Waals surface area (Å²) in [5.41, 5.74) is -0.707. The van der Waals surface area contributed by atoms with E-state index in [0.717, 1.165) is 12.5 Å². The second-order valence-electron chi connectivity index (χ2n) is 6.02. The van der Waals surface area contributed by atoms with Crippen LogP contribution in [-0.2, 0) is 6.18 Å². The van der Waals surface area contributed by atoms with Crippen LogP contribution in [0.3, 0.4) is 0 Å². The first-order chi connectivity index (χ1) is 9.62. The van der Waals surface area contributed by atoms with Gasteiger partial charge in [0.1, 0.15) is 0 Å². The number of rotatable bonds is 6. The molecule has 0 radical (unpaired) electrons. The van der Waals surface area contributed by atoms with Gasteiger partial charge in [-0.1, -0.05) is 25.1 Å². The monoisotopic (exact) mass is 302 g/mol. The third-order valence-electron chi connectivity index (χ3n) is 4.03. The van der Waals surface area contributed by atoms with Crippen LogP contribution >= 0.6 is 0 Å².